The Kier molecular flexibility index (Phi) is 7.89. The smallest absolute Gasteiger partial charge is 0.187 e. The zero-order valence-corrected chi connectivity index (χ0v) is 12.0. The Bertz CT molecular complexity index is 365. The molecule has 23 heavy (non-hydrogen) atoms. The highest BCUT2D eigenvalue weighted by molar-refractivity contribution is 5.56. The Hall–Kier alpha value is -0.730. The summed E-state index contributed by atoms with van der Waals surface area (Å²) in [6.07, 6.45) is -15.7. The average Bonchev–Trinajstić information content (AvgIpc) is 2.57. The highest BCUT2D eigenvalue weighted by Crippen LogP contribution is 2.24. The minimum Gasteiger partial charge on any atom is -0.394 e. The van der Waals surface area contributed by atoms with Crippen molar-refractivity contribution in [3.05, 3.63) is 0 Å². The van der Waals surface area contributed by atoms with Gasteiger partial charge < -0.3 is 55.1 Å². The zero-order chi connectivity index (χ0) is 17.7. The number of aldehydes is 1. The highest BCUT2D eigenvalue weighted by atomic mass is 16.7. The summed E-state index contributed by atoms with van der Waals surface area (Å²) in [6, 6.07) is 0. The van der Waals surface area contributed by atoms with Crippen LogP contribution in [0.1, 0.15) is 0 Å². The first-order valence-corrected chi connectivity index (χ1v) is 6.84. The third-order valence-corrected chi connectivity index (χ3v) is 3.53. The van der Waals surface area contributed by atoms with Gasteiger partial charge in [0.2, 0.25) is 0 Å². The number of hydrogen-bond donors (Lipinski definition) is 8. The first-order chi connectivity index (χ1) is 10.8. The molecule has 0 aromatic carbocycles. The first kappa shape index (κ1) is 20.3. The van der Waals surface area contributed by atoms with Crippen LogP contribution < -0.4 is 0 Å². The lowest BCUT2D eigenvalue weighted by Crippen LogP contribution is -2.61. The molecule has 0 bridgehead atoms. The Morgan fingerprint density at radius 1 is 1.04 bits per heavy atom. The number of aliphatic hydroxyl groups is 8. The van der Waals surface area contributed by atoms with Crippen LogP contribution in [0.2, 0.25) is 0 Å². The van der Waals surface area contributed by atoms with Crippen LogP contribution in [0.25, 0.3) is 0 Å². The van der Waals surface area contributed by atoms with Crippen molar-refractivity contribution < 1.29 is 55.1 Å². The van der Waals surface area contributed by atoms with Gasteiger partial charge in [-0.15, -0.1) is 0 Å². The van der Waals surface area contributed by atoms with Crippen LogP contribution in [-0.4, -0.2) is 115 Å². The Balaban J connectivity index is 2.91. The van der Waals surface area contributed by atoms with Gasteiger partial charge in [-0.05, 0) is 0 Å². The third kappa shape index (κ3) is 4.64. The van der Waals surface area contributed by atoms with Crippen molar-refractivity contribution in [3.8, 4) is 0 Å². The monoisotopic (exact) mass is 342 g/mol. The maximum Gasteiger partial charge on any atom is 0.187 e. The minimum absolute atomic E-state index is 0.0119. The fraction of sp³-hybridized carbons (Fsp3) is 0.917. The molecule has 0 aliphatic carbocycles. The number of carbonyl (C=O) groups excluding carboxylic acids is 1. The molecule has 1 aliphatic rings. The van der Waals surface area contributed by atoms with Crippen LogP contribution in [0.5, 0.6) is 0 Å². The number of hydrogen-bond acceptors (Lipinski definition) is 11. The molecule has 1 saturated heterocycles. The summed E-state index contributed by atoms with van der Waals surface area (Å²) in [7, 11) is 0. The number of rotatable bonds is 8. The summed E-state index contributed by atoms with van der Waals surface area (Å²) in [4.78, 5) is 10.7. The standard InChI is InChI=1S/C12H22O11/c13-1-4(16)7(18)11(5(17)2-14)23-12-10(21)9(20)8(19)6(3-15)22-12/h2,4-13,15-21H,1,3H2/t4-,5-,6-,7-,8+,9+,10-,11+,12+/m1/s1. The minimum atomic E-state index is -1.95. The normalized spacial score (nSPS) is 37.0. The van der Waals surface area contributed by atoms with Crippen LogP contribution in [-0.2, 0) is 14.3 Å². The lowest BCUT2D eigenvalue weighted by atomic mass is 9.98. The van der Waals surface area contributed by atoms with Crippen molar-refractivity contribution in [1.29, 1.82) is 0 Å². The van der Waals surface area contributed by atoms with E-state index in [1.807, 2.05) is 0 Å². The fourth-order valence-electron chi connectivity index (χ4n) is 2.10. The predicted molar refractivity (Wildman–Crippen MR) is 69.8 cm³/mol. The SMILES string of the molecule is O=C[C@@H](O)[C@H](O[C@@H]1O[C@H](CO)[C@H](O)[C@H](O)[C@H]1O)[C@H](O)[C@H](O)CO. The average molecular weight is 342 g/mol. The Morgan fingerprint density at radius 2 is 1.65 bits per heavy atom. The van der Waals surface area contributed by atoms with E-state index in [-0.39, 0.29) is 6.29 Å². The van der Waals surface area contributed by atoms with Crippen molar-refractivity contribution in [2.45, 2.75) is 55.1 Å². The van der Waals surface area contributed by atoms with Gasteiger partial charge in [0.1, 0.15) is 48.8 Å². The van der Waals surface area contributed by atoms with Crippen molar-refractivity contribution in [1.82, 2.24) is 0 Å². The van der Waals surface area contributed by atoms with E-state index in [9.17, 15) is 35.4 Å². The summed E-state index contributed by atoms with van der Waals surface area (Å²) < 4.78 is 10.0. The second kappa shape index (κ2) is 8.94. The van der Waals surface area contributed by atoms with Gasteiger partial charge in [-0.2, -0.15) is 0 Å². The molecule has 0 amide bonds. The van der Waals surface area contributed by atoms with Gasteiger partial charge in [-0.3, -0.25) is 0 Å². The fourth-order valence-corrected chi connectivity index (χ4v) is 2.10. The van der Waals surface area contributed by atoms with Gasteiger partial charge in [-0.1, -0.05) is 0 Å². The molecule has 0 spiro atoms. The van der Waals surface area contributed by atoms with Crippen LogP contribution in [0.3, 0.4) is 0 Å². The van der Waals surface area contributed by atoms with Crippen molar-refractivity contribution in [2.24, 2.45) is 0 Å². The Labute approximate surface area is 130 Å². The molecule has 0 aromatic rings. The van der Waals surface area contributed by atoms with Gasteiger partial charge in [-0.25, -0.2) is 0 Å². The zero-order valence-electron chi connectivity index (χ0n) is 12.0. The molecule has 0 unspecified atom stereocenters. The topological polar surface area (TPSA) is 197 Å². The van der Waals surface area contributed by atoms with Crippen molar-refractivity contribution in [2.75, 3.05) is 13.2 Å². The maximum absolute atomic E-state index is 10.7. The molecule has 0 radical (unpaired) electrons. The van der Waals surface area contributed by atoms with Gasteiger partial charge in [0.15, 0.2) is 12.6 Å². The van der Waals surface area contributed by atoms with E-state index in [4.69, 9.17) is 19.7 Å². The molecular weight excluding hydrogens is 320 g/mol. The largest absolute Gasteiger partial charge is 0.394 e. The molecule has 1 aliphatic heterocycles. The molecule has 1 heterocycles. The van der Waals surface area contributed by atoms with Crippen molar-refractivity contribution >= 4 is 6.29 Å². The summed E-state index contributed by atoms with van der Waals surface area (Å²) in [5.74, 6) is 0. The molecule has 136 valence electrons. The third-order valence-electron chi connectivity index (χ3n) is 3.53. The van der Waals surface area contributed by atoms with Crippen LogP contribution in [0.15, 0.2) is 0 Å². The summed E-state index contributed by atoms with van der Waals surface area (Å²) in [5.41, 5.74) is 0. The van der Waals surface area contributed by atoms with Crippen molar-refractivity contribution in [3.63, 3.8) is 0 Å². The van der Waals surface area contributed by atoms with Crippen LogP contribution in [0.4, 0.5) is 0 Å². The molecule has 0 aromatic heterocycles. The molecule has 0 saturated carbocycles. The van der Waals surface area contributed by atoms with Gasteiger partial charge in [0.05, 0.1) is 13.2 Å². The van der Waals surface area contributed by atoms with Crippen LogP contribution >= 0.6 is 0 Å². The lowest BCUT2D eigenvalue weighted by molar-refractivity contribution is -0.324. The summed E-state index contributed by atoms with van der Waals surface area (Å²) >= 11 is 0. The van der Waals surface area contributed by atoms with Gasteiger partial charge in [0.25, 0.3) is 0 Å². The van der Waals surface area contributed by atoms with E-state index in [2.05, 4.69) is 0 Å². The quantitative estimate of drug-likeness (QED) is 0.196. The predicted octanol–water partition coefficient (Wildman–Crippen LogP) is -5.55. The van der Waals surface area contributed by atoms with E-state index < -0.39 is 68.3 Å². The van der Waals surface area contributed by atoms with Crippen LogP contribution in [0, 0.1) is 0 Å². The number of aliphatic hydroxyl groups excluding tert-OH is 8. The molecule has 11 heteroatoms. The summed E-state index contributed by atoms with van der Waals surface area (Å²) in [6.45, 7) is -1.63. The molecular formula is C12H22O11. The van der Waals surface area contributed by atoms with E-state index in [1.165, 1.54) is 0 Å². The highest BCUT2D eigenvalue weighted by Gasteiger charge is 2.46. The second-order valence-electron chi connectivity index (χ2n) is 5.17. The molecule has 1 fully saturated rings. The summed E-state index contributed by atoms with van der Waals surface area (Å²) in [5, 5.41) is 75.6. The molecule has 1 rings (SSSR count). The van der Waals surface area contributed by atoms with Gasteiger partial charge >= 0.3 is 0 Å². The Morgan fingerprint density at radius 3 is 2.13 bits per heavy atom. The van der Waals surface area contributed by atoms with E-state index >= 15 is 0 Å². The lowest BCUT2D eigenvalue weighted by Gasteiger charge is -2.41. The second-order valence-corrected chi connectivity index (χ2v) is 5.17. The molecule has 8 N–H and O–H groups in total. The number of carbonyl (C=O) groups is 1. The first-order valence-electron chi connectivity index (χ1n) is 6.84. The number of ether oxygens (including phenoxy) is 2. The molecule has 9 atom stereocenters. The maximum atomic E-state index is 10.7. The van der Waals surface area contributed by atoms with E-state index in [1.54, 1.807) is 0 Å². The van der Waals surface area contributed by atoms with E-state index in [0.717, 1.165) is 0 Å². The molecule has 11 nitrogen and oxygen atoms in total. The van der Waals surface area contributed by atoms with Gasteiger partial charge in [0, 0.05) is 0 Å². The van der Waals surface area contributed by atoms with E-state index in [0.29, 0.717) is 0 Å².